The van der Waals surface area contributed by atoms with Gasteiger partial charge in [-0.2, -0.15) is 0 Å². The summed E-state index contributed by atoms with van der Waals surface area (Å²) in [6, 6.07) is 7.43. The molecule has 1 amide bonds. The first kappa shape index (κ1) is 17.1. The lowest BCUT2D eigenvalue weighted by Crippen LogP contribution is -2.45. The van der Waals surface area contributed by atoms with E-state index in [4.69, 9.17) is 4.74 Å². The monoisotopic (exact) mass is 362 g/mol. The van der Waals surface area contributed by atoms with Gasteiger partial charge in [0.05, 0.1) is 24.4 Å². The summed E-state index contributed by atoms with van der Waals surface area (Å²) < 4.78 is 4.96. The van der Waals surface area contributed by atoms with Gasteiger partial charge in [-0.3, -0.25) is 9.69 Å². The SMILES string of the molecule is COC(=O)C1=C(C)N=C2SCCC(=O)N2[C@H]1c1ccc(SC)cc1. The Hall–Kier alpha value is -1.73. The van der Waals surface area contributed by atoms with Crippen molar-refractivity contribution in [2.75, 3.05) is 19.1 Å². The molecule has 2 aliphatic rings. The number of hydrogen-bond donors (Lipinski definition) is 0. The summed E-state index contributed by atoms with van der Waals surface area (Å²) in [4.78, 5) is 32.2. The van der Waals surface area contributed by atoms with Crippen molar-refractivity contribution in [2.45, 2.75) is 24.3 Å². The first-order valence-electron chi connectivity index (χ1n) is 7.53. The number of fused-ring (bicyclic) bond motifs is 1. The summed E-state index contributed by atoms with van der Waals surface area (Å²) in [6.07, 6.45) is 2.45. The Balaban J connectivity index is 2.13. The van der Waals surface area contributed by atoms with Gasteiger partial charge in [0.15, 0.2) is 5.17 Å². The van der Waals surface area contributed by atoms with E-state index >= 15 is 0 Å². The summed E-state index contributed by atoms with van der Waals surface area (Å²) in [5, 5.41) is 0.662. The lowest BCUT2D eigenvalue weighted by atomic mass is 9.94. The molecule has 126 valence electrons. The molecular weight excluding hydrogens is 344 g/mol. The van der Waals surface area contributed by atoms with Crippen LogP contribution in [-0.2, 0) is 14.3 Å². The Kier molecular flexibility index (Phi) is 5.01. The quantitative estimate of drug-likeness (QED) is 0.610. The van der Waals surface area contributed by atoms with Gasteiger partial charge in [0.25, 0.3) is 0 Å². The van der Waals surface area contributed by atoms with E-state index < -0.39 is 12.0 Å². The van der Waals surface area contributed by atoms with Crippen LogP contribution in [0.3, 0.4) is 0 Å². The van der Waals surface area contributed by atoms with E-state index in [1.165, 1.54) is 7.11 Å². The molecule has 1 atom stereocenters. The second-order valence-corrected chi connectivity index (χ2v) is 7.36. The van der Waals surface area contributed by atoms with Crippen molar-refractivity contribution in [1.29, 1.82) is 0 Å². The first-order valence-corrected chi connectivity index (χ1v) is 9.74. The predicted octanol–water partition coefficient (Wildman–Crippen LogP) is 3.23. The molecule has 2 aliphatic heterocycles. The zero-order valence-corrected chi connectivity index (χ0v) is 15.4. The lowest BCUT2D eigenvalue weighted by molar-refractivity contribution is -0.137. The number of carbonyl (C=O) groups is 2. The molecule has 5 nitrogen and oxygen atoms in total. The molecule has 0 unspecified atom stereocenters. The number of hydrogen-bond acceptors (Lipinski definition) is 6. The minimum Gasteiger partial charge on any atom is -0.466 e. The standard InChI is InChI=1S/C17H18N2O3S2/c1-10-14(16(21)22-2)15(11-4-6-12(23-3)7-5-11)19-13(20)8-9-24-17(19)18-10/h4-7,15H,8-9H2,1-3H3/t15-/m0/s1. The summed E-state index contributed by atoms with van der Waals surface area (Å²) in [5.74, 6) is 0.255. The fourth-order valence-corrected chi connectivity index (χ4v) is 4.28. The van der Waals surface area contributed by atoms with Crippen molar-refractivity contribution in [1.82, 2.24) is 4.90 Å². The third kappa shape index (κ3) is 2.98. The average Bonchev–Trinajstić information content (AvgIpc) is 2.60. The number of esters is 1. The molecule has 7 heteroatoms. The maximum atomic E-state index is 12.6. The molecule has 3 rings (SSSR count). The van der Waals surface area contributed by atoms with Gasteiger partial charge >= 0.3 is 5.97 Å². The topological polar surface area (TPSA) is 59.0 Å². The Morgan fingerprint density at radius 2 is 2.08 bits per heavy atom. The van der Waals surface area contributed by atoms with Crippen LogP contribution < -0.4 is 0 Å². The number of rotatable bonds is 3. The molecular formula is C17H18N2O3S2. The Bertz CT molecular complexity index is 741. The van der Waals surface area contributed by atoms with E-state index in [1.807, 2.05) is 30.5 Å². The molecule has 0 saturated carbocycles. The second-order valence-electron chi connectivity index (χ2n) is 5.42. The number of amides is 1. The van der Waals surface area contributed by atoms with Crippen LogP contribution in [0.2, 0.25) is 0 Å². The number of benzene rings is 1. The van der Waals surface area contributed by atoms with Crippen LogP contribution in [0.5, 0.6) is 0 Å². The van der Waals surface area contributed by atoms with Crippen LogP contribution in [0.15, 0.2) is 45.4 Å². The molecule has 0 N–H and O–H groups in total. The molecule has 0 radical (unpaired) electrons. The average molecular weight is 362 g/mol. The summed E-state index contributed by atoms with van der Waals surface area (Å²) in [7, 11) is 1.35. The third-order valence-electron chi connectivity index (χ3n) is 4.04. The number of allylic oxidation sites excluding steroid dienone is 1. The number of aliphatic imine (C=N–C) groups is 1. The molecule has 0 aliphatic carbocycles. The first-order chi connectivity index (χ1) is 11.6. The minimum absolute atomic E-state index is 0.0136. The van der Waals surface area contributed by atoms with Gasteiger partial charge in [0, 0.05) is 17.1 Å². The minimum atomic E-state index is -0.485. The van der Waals surface area contributed by atoms with Crippen LogP contribution in [-0.4, -0.2) is 41.1 Å². The number of carbonyl (C=O) groups excluding carboxylic acids is 2. The van der Waals surface area contributed by atoms with Crippen LogP contribution in [0.1, 0.15) is 24.9 Å². The number of methoxy groups -OCH3 is 1. The van der Waals surface area contributed by atoms with E-state index in [-0.39, 0.29) is 5.91 Å². The van der Waals surface area contributed by atoms with Crippen molar-refractivity contribution in [3.8, 4) is 0 Å². The van der Waals surface area contributed by atoms with E-state index in [0.717, 1.165) is 10.5 Å². The fraction of sp³-hybridized carbons (Fsp3) is 0.353. The molecule has 1 fully saturated rings. The molecule has 0 spiro atoms. The molecule has 1 saturated heterocycles. The molecule has 0 bridgehead atoms. The molecule has 24 heavy (non-hydrogen) atoms. The smallest absolute Gasteiger partial charge is 0.338 e. The summed E-state index contributed by atoms with van der Waals surface area (Å²) in [5.41, 5.74) is 1.92. The highest BCUT2D eigenvalue weighted by Gasteiger charge is 2.41. The van der Waals surface area contributed by atoms with Crippen LogP contribution in [0, 0.1) is 0 Å². The lowest BCUT2D eigenvalue weighted by Gasteiger charge is -2.38. The Morgan fingerprint density at radius 1 is 1.38 bits per heavy atom. The molecule has 1 aromatic carbocycles. The largest absolute Gasteiger partial charge is 0.466 e. The van der Waals surface area contributed by atoms with Gasteiger partial charge in [-0.05, 0) is 30.9 Å². The zero-order chi connectivity index (χ0) is 17.3. The highest BCUT2D eigenvalue weighted by atomic mass is 32.2. The van der Waals surface area contributed by atoms with Crippen molar-refractivity contribution in [3.63, 3.8) is 0 Å². The van der Waals surface area contributed by atoms with Crippen molar-refractivity contribution in [3.05, 3.63) is 41.1 Å². The van der Waals surface area contributed by atoms with Gasteiger partial charge < -0.3 is 4.74 Å². The van der Waals surface area contributed by atoms with Crippen molar-refractivity contribution in [2.24, 2.45) is 4.99 Å². The number of amidine groups is 1. The number of nitrogens with zero attached hydrogens (tertiary/aromatic N) is 2. The summed E-state index contributed by atoms with van der Waals surface area (Å²) in [6.45, 7) is 1.79. The second kappa shape index (κ2) is 7.03. The van der Waals surface area contributed by atoms with Crippen molar-refractivity contribution >= 4 is 40.6 Å². The molecule has 0 aromatic heterocycles. The van der Waals surface area contributed by atoms with Crippen molar-refractivity contribution < 1.29 is 14.3 Å². The van der Waals surface area contributed by atoms with E-state index in [2.05, 4.69) is 4.99 Å². The predicted molar refractivity (Wildman–Crippen MR) is 97.0 cm³/mol. The normalized spacial score (nSPS) is 20.6. The van der Waals surface area contributed by atoms with E-state index in [1.54, 1.807) is 35.3 Å². The van der Waals surface area contributed by atoms with Crippen LogP contribution in [0.25, 0.3) is 0 Å². The Labute approximate surface area is 149 Å². The Morgan fingerprint density at radius 3 is 2.71 bits per heavy atom. The van der Waals surface area contributed by atoms with Gasteiger partial charge in [-0.1, -0.05) is 23.9 Å². The van der Waals surface area contributed by atoms with Gasteiger partial charge in [-0.15, -0.1) is 11.8 Å². The third-order valence-corrected chi connectivity index (χ3v) is 5.74. The molecule has 1 aromatic rings. The van der Waals surface area contributed by atoms with E-state index in [9.17, 15) is 9.59 Å². The maximum Gasteiger partial charge on any atom is 0.338 e. The highest BCUT2D eigenvalue weighted by molar-refractivity contribution is 8.14. The highest BCUT2D eigenvalue weighted by Crippen LogP contribution is 2.40. The van der Waals surface area contributed by atoms with Gasteiger partial charge in [0.2, 0.25) is 5.91 Å². The zero-order valence-electron chi connectivity index (χ0n) is 13.7. The van der Waals surface area contributed by atoms with Crippen LogP contribution >= 0.6 is 23.5 Å². The maximum absolute atomic E-state index is 12.6. The van der Waals surface area contributed by atoms with Gasteiger partial charge in [-0.25, -0.2) is 9.79 Å². The van der Waals surface area contributed by atoms with E-state index in [0.29, 0.717) is 28.6 Å². The number of thioether (sulfide) groups is 2. The summed E-state index contributed by atoms with van der Waals surface area (Å²) >= 11 is 3.19. The number of ether oxygens (including phenoxy) is 1. The van der Waals surface area contributed by atoms with Gasteiger partial charge in [0.1, 0.15) is 0 Å². The molecule has 2 heterocycles. The van der Waals surface area contributed by atoms with Crippen LogP contribution in [0.4, 0.5) is 0 Å². The fourth-order valence-electron chi connectivity index (χ4n) is 2.87.